The lowest BCUT2D eigenvalue weighted by Crippen LogP contribution is -2.29. The third-order valence-corrected chi connectivity index (χ3v) is 11.6. The van der Waals surface area contributed by atoms with E-state index in [1.54, 1.807) is 6.08 Å². The number of carbonyl (C=O) groups excluding carboxylic acids is 2. The fraction of sp³-hybridized carbons (Fsp3) is 0.864. The minimum atomic E-state index is -4.68. The monoisotopic (exact) mass is 849 g/mol. The first-order valence-corrected chi connectivity index (χ1v) is 24.0. The predicted octanol–water partition coefficient (Wildman–Crippen LogP) is 8.16. The maximum absolute atomic E-state index is 12.7. The summed E-state index contributed by atoms with van der Waals surface area (Å²) < 4.78 is 32.7. The van der Waals surface area contributed by atoms with Gasteiger partial charge in [-0.25, -0.2) is 4.57 Å². The number of rotatable bonds is 38. The van der Waals surface area contributed by atoms with Crippen molar-refractivity contribution in [2.75, 3.05) is 26.4 Å². The van der Waals surface area contributed by atoms with Gasteiger partial charge in [0.2, 0.25) is 0 Å². The molecule has 0 bridgehead atoms. The number of aliphatic hydroxyl groups is 5. The van der Waals surface area contributed by atoms with Crippen LogP contribution in [0, 0.1) is 11.8 Å². The quantitative estimate of drug-likeness (QED) is 0.0150. The van der Waals surface area contributed by atoms with E-state index in [-0.39, 0.29) is 37.7 Å². The third kappa shape index (κ3) is 28.7. The van der Waals surface area contributed by atoms with Gasteiger partial charge < -0.3 is 39.9 Å². The maximum atomic E-state index is 12.7. The molecule has 1 rings (SSSR count). The van der Waals surface area contributed by atoms with Gasteiger partial charge in [-0.3, -0.25) is 18.6 Å². The molecule has 8 atom stereocenters. The first-order chi connectivity index (χ1) is 27.9. The fourth-order valence-electron chi connectivity index (χ4n) is 7.11. The second kappa shape index (κ2) is 35.0. The highest BCUT2D eigenvalue weighted by Crippen LogP contribution is 2.43. The molecule has 0 aromatic carbocycles. The van der Waals surface area contributed by atoms with Crippen LogP contribution in [0.3, 0.4) is 0 Å². The van der Waals surface area contributed by atoms with Crippen LogP contribution in [0.2, 0.25) is 0 Å². The number of carbonyl (C=O) groups is 2. The molecule has 1 saturated carbocycles. The lowest BCUT2D eigenvalue weighted by Gasteiger charge is -2.20. The molecule has 0 aromatic rings. The Hall–Kier alpha value is -1.67. The zero-order valence-electron chi connectivity index (χ0n) is 35.8. The van der Waals surface area contributed by atoms with Crippen LogP contribution in [0.1, 0.15) is 174 Å². The molecule has 1 aliphatic carbocycles. The van der Waals surface area contributed by atoms with Crippen molar-refractivity contribution >= 4 is 19.8 Å². The number of phosphoric ester groups is 1. The second-order valence-electron chi connectivity index (χ2n) is 16.1. The molecule has 0 spiro atoms. The van der Waals surface area contributed by atoms with E-state index in [4.69, 9.17) is 19.1 Å². The number of unbranched alkanes of at least 4 members (excludes halogenated alkanes) is 17. The summed E-state index contributed by atoms with van der Waals surface area (Å²) in [6.07, 6.45) is 26.6. The van der Waals surface area contributed by atoms with Crippen molar-refractivity contribution in [3.05, 3.63) is 24.3 Å². The molecule has 340 valence electrons. The lowest BCUT2D eigenvalue weighted by molar-refractivity contribution is -0.161. The first kappa shape index (κ1) is 54.3. The van der Waals surface area contributed by atoms with Crippen molar-refractivity contribution in [2.24, 2.45) is 11.8 Å². The third-order valence-electron chi connectivity index (χ3n) is 10.7. The Morgan fingerprint density at radius 3 is 1.86 bits per heavy atom. The number of aliphatic hydroxyl groups excluding tert-OH is 5. The predicted molar refractivity (Wildman–Crippen MR) is 226 cm³/mol. The first-order valence-electron chi connectivity index (χ1n) is 22.6. The number of hydrogen-bond donors (Lipinski definition) is 6. The van der Waals surface area contributed by atoms with Crippen molar-refractivity contribution in [2.45, 2.75) is 205 Å². The zero-order valence-corrected chi connectivity index (χ0v) is 36.7. The van der Waals surface area contributed by atoms with E-state index < -0.39 is 70.1 Å². The average molecular weight is 849 g/mol. The van der Waals surface area contributed by atoms with Crippen LogP contribution in [0.5, 0.6) is 0 Å². The Kier molecular flexibility index (Phi) is 32.8. The van der Waals surface area contributed by atoms with Gasteiger partial charge in [-0.05, 0) is 38.0 Å². The molecule has 58 heavy (non-hydrogen) atoms. The van der Waals surface area contributed by atoms with Gasteiger partial charge in [0.25, 0.3) is 0 Å². The molecule has 13 nitrogen and oxygen atoms in total. The molecule has 0 aliphatic heterocycles. The van der Waals surface area contributed by atoms with E-state index in [2.05, 4.69) is 18.4 Å². The van der Waals surface area contributed by atoms with Crippen molar-refractivity contribution in [3.8, 4) is 0 Å². The minimum absolute atomic E-state index is 0.00986. The van der Waals surface area contributed by atoms with Gasteiger partial charge in [-0.15, -0.1) is 0 Å². The van der Waals surface area contributed by atoms with Gasteiger partial charge in [0.15, 0.2) is 6.10 Å². The SMILES string of the molecule is CCCCCCCCCCCCCCCCCC(=O)OCC(COP(=O)(O)OCC(O)CO)OC(=O)CCC/C=C\CC1C(O)CC(O)C1/C=C/C(O)CCCCC. The maximum Gasteiger partial charge on any atom is 0.472 e. The van der Waals surface area contributed by atoms with Crippen LogP contribution < -0.4 is 0 Å². The van der Waals surface area contributed by atoms with Gasteiger partial charge in [0.05, 0.1) is 38.1 Å². The molecule has 0 radical (unpaired) electrons. The van der Waals surface area contributed by atoms with Gasteiger partial charge in [-0.2, -0.15) is 0 Å². The standard InChI is InChI=1S/C44H81O13P/c1-3-5-7-8-9-10-11-12-13-14-15-16-17-18-23-27-43(50)54-34-38(35-56-58(52,53)55-33-37(47)32-45)57-44(51)28-24-20-19-22-26-39-40(42(49)31-41(39)48)30-29-36(46)25-21-6-4-2/h19,22,29-30,36-42,45-49H,3-18,20-21,23-28,31-35H2,1-2H3,(H,52,53)/b22-19-,30-29+. The van der Waals surface area contributed by atoms with E-state index in [0.717, 1.165) is 38.5 Å². The molecule has 0 aromatic heterocycles. The highest BCUT2D eigenvalue weighted by atomic mass is 31.2. The number of hydrogen-bond acceptors (Lipinski definition) is 12. The Balaban J connectivity index is 2.46. The van der Waals surface area contributed by atoms with Crippen LogP contribution in [0.25, 0.3) is 0 Å². The average Bonchev–Trinajstić information content (AvgIpc) is 3.47. The van der Waals surface area contributed by atoms with E-state index in [9.17, 15) is 39.5 Å². The van der Waals surface area contributed by atoms with Crippen molar-refractivity contribution in [1.29, 1.82) is 0 Å². The number of esters is 2. The number of allylic oxidation sites excluding steroid dienone is 2. The minimum Gasteiger partial charge on any atom is -0.462 e. The molecule has 0 saturated heterocycles. The van der Waals surface area contributed by atoms with Gasteiger partial charge >= 0.3 is 19.8 Å². The second-order valence-corrected chi connectivity index (χ2v) is 17.5. The highest BCUT2D eigenvalue weighted by molar-refractivity contribution is 7.47. The number of ether oxygens (including phenoxy) is 2. The molecule has 14 heteroatoms. The molecule has 8 unspecified atom stereocenters. The van der Waals surface area contributed by atoms with Crippen molar-refractivity contribution in [1.82, 2.24) is 0 Å². The summed E-state index contributed by atoms with van der Waals surface area (Å²) in [6.45, 7) is 2.01. The van der Waals surface area contributed by atoms with Gasteiger partial charge in [0.1, 0.15) is 12.7 Å². The summed E-state index contributed by atoms with van der Waals surface area (Å²) in [5.74, 6) is -1.57. The van der Waals surface area contributed by atoms with E-state index in [1.807, 2.05) is 18.2 Å². The molecule has 0 amide bonds. The lowest BCUT2D eigenvalue weighted by atomic mass is 9.89. The summed E-state index contributed by atoms with van der Waals surface area (Å²) >= 11 is 0. The van der Waals surface area contributed by atoms with Crippen LogP contribution in [0.4, 0.5) is 0 Å². The largest absolute Gasteiger partial charge is 0.472 e. The number of phosphoric acid groups is 1. The summed E-state index contributed by atoms with van der Waals surface area (Å²) in [6, 6.07) is 0. The Morgan fingerprint density at radius 2 is 1.26 bits per heavy atom. The van der Waals surface area contributed by atoms with Crippen LogP contribution in [-0.2, 0) is 32.7 Å². The van der Waals surface area contributed by atoms with Gasteiger partial charge in [-0.1, -0.05) is 147 Å². The molecular formula is C44H81O13P. The fourth-order valence-corrected chi connectivity index (χ4v) is 7.89. The summed E-state index contributed by atoms with van der Waals surface area (Å²) in [7, 11) is -4.68. The highest BCUT2D eigenvalue weighted by Gasteiger charge is 2.39. The molecule has 6 N–H and O–H groups in total. The van der Waals surface area contributed by atoms with E-state index >= 15 is 0 Å². The Bertz CT molecular complexity index is 1130. The topological polar surface area (TPSA) is 210 Å². The van der Waals surface area contributed by atoms with Crippen LogP contribution in [0.15, 0.2) is 24.3 Å². The molecular weight excluding hydrogens is 767 g/mol. The van der Waals surface area contributed by atoms with Crippen molar-refractivity contribution in [3.63, 3.8) is 0 Å². The summed E-state index contributed by atoms with van der Waals surface area (Å²) in [4.78, 5) is 35.2. The van der Waals surface area contributed by atoms with E-state index in [0.29, 0.717) is 32.1 Å². The molecule has 0 heterocycles. The summed E-state index contributed by atoms with van der Waals surface area (Å²) in [5.41, 5.74) is 0. The van der Waals surface area contributed by atoms with Crippen molar-refractivity contribution < 1.29 is 63.1 Å². The Labute approximate surface area is 349 Å². The smallest absolute Gasteiger partial charge is 0.462 e. The zero-order chi connectivity index (χ0) is 42.9. The van der Waals surface area contributed by atoms with Gasteiger partial charge in [0, 0.05) is 25.2 Å². The Morgan fingerprint density at radius 1 is 0.707 bits per heavy atom. The summed E-state index contributed by atoms with van der Waals surface area (Å²) in [5, 5.41) is 49.7. The van der Waals surface area contributed by atoms with Crippen LogP contribution in [-0.4, -0.2) is 99.3 Å². The van der Waals surface area contributed by atoms with E-state index in [1.165, 1.54) is 70.6 Å². The van der Waals surface area contributed by atoms with Crippen LogP contribution >= 0.6 is 7.82 Å². The normalized spacial score (nSPS) is 21.0. The molecule has 1 fully saturated rings. The molecule has 1 aliphatic rings.